The number of hydrogen-bond acceptors (Lipinski definition) is 3. The highest BCUT2D eigenvalue weighted by molar-refractivity contribution is 6.37. The molecule has 2 heterocycles. The molecule has 1 aromatic carbocycles. The van der Waals surface area contributed by atoms with Crippen molar-refractivity contribution in [2.24, 2.45) is 0 Å². The van der Waals surface area contributed by atoms with Crippen LogP contribution in [0, 0.1) is 5.82 Å². The Morgan fingerprint density at radius 1 is 1.19 bits per heavy atom. The maximum Gasteiger partial charge on any atom is 0.163 e. The van der Waals surface area contributed by atoms with Gasteiger partial charge in [0.1, 0.15) is 21.7 Å². The number of rotatable bonds is 2. The van der Waals surface area contributed by atoms with E-state index >= 15 is 0 Å². The van der Waals surface area contributed by atoms with Gasteiger partial charge in [0.05, 0.1) is 5.56 Å². The Morgan fingerprint density at radius 2 is 1.86 bits per heavy atom. The molecule has 1 aliphatic rings. The number of benzene rings is 1. The van der Waals surface area contributed by atoms with E-state index in [1.165, 1.54) is 6.07 Å². The van der Waals surface area contributed by atoms with Gasteiger partial charge in [-0.2, -0.15) is 0 Å². The largest absolute Gasteiger partial charge is 0.367 e. The molecule has 0 saturated carbocycles. The summed E-state index contributed by atoms with van der Waals surface area (Å²) in [5, 5.41) is 0.263. The van der Waals surface area contributed by atoms with Gasteiger partial charge in [0.25, 0.3) is 0 Å². The van der Waals surface area contributed by atoms with Gasteiger partial charge in [-0.25, -0.2) is 14.4 Å². The molecule has 0 N–H and O–H groups in total. The van der Waals surface area contributed by atoms with E-state index in [0.29, 0.717) is 18.0 Å². The molecule has 21 heavy (non-hydrogen) atoms. The van der Waals surface area contributed by atoms with Gasteiger partial charge in [0.2, 0.25) is 0 Å². The highest BCUT2D eigenvalue weighted by Crippen LogP contribution is 2.39. The monoisotopic (exact) mass is 326 g/mol. The number of halogens is 3. The summed E-state index contributed by atoms with van der Waals surface area (Å²) in [6.07, 6.45) is 1.74. The predicted octanol–water partition coefficient (Wildman–Crippen LogP) is 4.62. The minimum atomic E-state index is -0.582. The van der Waals surface area contributed by atoms with Crippen molar-refractivity contribution in [1.29, 1.82) is 0 Å². The summed E-state index contributed by atoms with van der Waals surface area (Å²) < 4.78 is 19.6. The number of nitrogens with zero attached hydrogens (tertiary/aromatic N) is 2. The molecule has 2 aromatic rings. The summed E-state index contributed by atoms with van der Waals surface area (Å²) in [6, 6.07) is 6.25. The minimum absolute atomic E-state index is 0.131. The molecule has 0 aliphatic carbocycles. The molecule has 1 saturated heterocycles. The lowest BCUT2D eigenvalue weighted by molar-refractivity contribution is 0.00937. The van der Waals surface area contributed by atoms with E-state index in [0.717, 1.165) is 12.8 Å². The summed E-state index contributed by atoms with van der Waals surface area (Å²) in [4.78, 5) is 8.57. The Morgan fingerprint density at radius 3 is 2.43 bits per heavy atom. The van der Waals surface area contributed by atoms with Crippen molar-refractivity contribution in [3.8, 4) is 11.1 Å². The van der Waals surface area contributed by atoms with Gasteiger partial charge >= 0.3 is 0 Å². The zero-order chi connectivity index (χ0) is 15.0. The number of aromatic nitrogens is 2. The molecule has 6 heteroatoms. The molecule has 110 valence electrons. The van der Waals surface area contributed by atoms with Crippen molar-refractivity contribution in [3.05, 3.63) is 46.2 Å². The summed E-state index contributed by atoms with van der Waals surface area (Å²) in [5.41, 5.74) is 0.0134. The Labute approximate surface area is 132 Å². The lowest BCUT2D eigenvalue weighted by atomic mass is 10.0. The van der Waals surface area contributed by atoms with Crippen LogP contribution >= 0.6 is 23.2 Å². The first-order valence-electron chi connectivity index (χ1n) is 6.64. The molecule has 1 atom stereocenters. The van der Waals surface area contributed by atoms with E-state index in [1.54, 1.807) is 18.2 Å². The summed E-state index contributed by atoms with van der Waals surface area (Å²) in [5.74, 6) is 0.0241. The Kier molecular flexibility index (Phi) is 3.86. The summed E-state index contributed by atoms with van der Waals surface area (Å²) in [6.45, 7) is 2.56. The molecule has 0 amide bonds. The van der Waals surface area contributed by atoms with Crippen molar-refractivity contribution in [1.82, 2.24) is 9.97 Å². The van der Waals surface area contributed by atoms with E-state index < -0.39 is 11.4 Å². The fourth-order valence-electron chi connectivity index (χ4n) is 2.49. The van der Waals surface area contributed by atoms with Crippen molar-refractivity contribution in [3.63, 3.8) is 0 Å². The molecule has 1 fully saturated rings. The molecule has 0 bridgehead atoms. The highest BCUT2D eigenvalue weighted by atomic mass is 35.5. The Hall–Kier alpha value is -1.23. The van der Waals surface area contributed by atoms with Gasteiger partial charge in [0.15, 0.2) is 5.82 Å². The molecular weight excluding hydrogens is 314 g/mol. The smallest absolute Gasteiger partial charge is 0.163 e. The van der Waals surface area contributed by atoms with Crippen molar-refractivity contribution in [2.45, 2.75) is 25.4 Å². The molecule has 1 aliphatic heterocycles. The molecule has 3 rings (SSSR count). The van der Waals surface area contributed by atoms with E-state index in [2.05, 4.69) is 9.97 Å². The topological polar surface area (TPSA) is 35.0 Å². The van der Waals surface area contributed by atoms with Gasteiger partial charge in [-0.3, -0.25) is 0 Å². The van der Waals surface area contributed by atoms with Crippen LogP contribution in [0.1, 0.15) is 25.6 Å². The normalized spacial score (nSPS) is 21.7. The SMILES string of the molecule is CC1(c2nc(Cl)c(-c3ccccc3F)c(Cl)n2)CCCO1. The van der Waals surface area contributed by atoms with Gasteiger partial charge in [-0.05, 0) is 25.8 Å². The Balaban J connectivity index is 2.11. The van der Waals surface area contributed by atoms with Gasteiger partial charge in [0, 0.05) is 12.2 Å². The van der Waals surface area contributed by atoms with E-state index in [9.17, 15) is 4.39 Å². The standard InChI is InChI=1S/C15H13Cl2FN2O/c1-15(7-4-8-21-15)14-19-12(16)11(13(17)20-14)9-5-2-3-6-10(9)18/h2-3,5-6H,4,7-8H2,1H3. The predicted molar refractivity (Wildman–Crippen MR) is 80.0 cm³/mol. The van der Waals surface area contributed by atoms with Gasteiger partial charge in [-0.1, -0.05) is 41.4 Å². The van der Waals surface area contributed by atoms with E-state index in [-0.39, 0.29) is 15.9 Å². The third-order valence-electron chi connectivity index (χ3n) is 3.66. The van der Waals surface area contributed by atoms with E-state index in [1.807, 2.05) is 6.92 Å². The maximum atomic E-state index is 13.9. The number of ether oxygens (including phenoxy) is 1. The minimum Gasteiger partial charge on any atom is -0.367 e. The highest BCUT2D eigenvalue weighted by Gasteiger charge is 2.36. The van der Waals surface area contributed by atoms with Crippen molar-refractivity contribution >= 4 is 23.2 Å². The van der Waals surface area contributed by atoms with Crippen LogP contribution in [0.15, 0.2) is 24.3 Å². The van der Waals surface area contributed by atoms with Gasteiger partial charge in [-0.15, -0.1) is 0 Å². The zero-order valence-electron chi connectivity index (χ0n) is 11.4. The second-order valence-corrected chi connectivity index (χ2v) is 5.88. The van der Waals surface area contributed by atoms with Crippen LogP contribution in [0.3, 0.4) is 0 Å². The molecule has 0 spiro atoms. The first-order chi connectivity index (χ1) is 10.0. The van der Waals surface area contributed by atoms with Crippen LogP contribution in [0.4, 0.5) is 4.39 Å². The fraction of sp³-hybridized carbons (Fsp3) is 0.333. The molecule has 3 nitrogen and oxygen atoms in total. The average Bonchev–Trinajstić information content (AvgIpc) is 2.88. The second kappa shape index (κ2) is 5.52. The lowest BCUT2D eigenvalue weighted by Gasteiger charge is -2.22. The van der Waals surface area contributed by atoms with Crippen molar-refractivity contribution in [2.75, 3.05) is 6.61 Å². The van der Waals surface area contributed by atoms with Crippen LogP contribution < -0.4 is 0 Å². The average molecular weight is 327 g/mol. The van der Waals surface area contributed by atoms with Crippen LogP contribution in [0.5, 0.6) is 0 Å². The maximum absolute atomic E-state index is 13.9. The lowest BCUT2D eigenvalue weighted by Crippen LogP contribution is -2.23. The molecular formula is C15H13Cl2FN2O. The Bertz CT molecular complexity index is 664. The third-order valence-corrected chi connectivity index (χ3v) is 4.20. The first kappa shape index (κ1) is 14.7. The summed E-state index contributed by atoms with van der Waals surface area (Å²) in [7, 11) is 0. The third kappa shape index (κ3) is 2.63. The fourth-order valence-corrected chi connectivity index (χ4v) is 3.08. The number of hydrogen-bond donors (Lipinski definition) is 0. The van der Waals surface area contributed by atoms with Crippen LogP contribution in [-0.4, -0.2) is 16.6 Å². The quantitative estimate of drug-likeness (QED) is 0.755. The molecule has 1 aromatic heterocycles. The zero-order valence-corrected chi connectivity index (χ0v) is 12.9. The summed E-state index contributed by atoms with van der Waals surface area (Å²) >= 11 is 12.4. The van der Waals surface area contributed by atoms with Crippen LogP contribution in [0.2, 0.25) is 10.3 Å². The van der Waals surface area contributed by atoms with Crippen LogP contribution in [0.25, 0.3) is 11.1 Å². The molecule has 0 radical (unpaired) electrons. The van der Waals surface area contributed by atoms with Crippen LogP contribution in [-0.2, 0) is 10.3 Å². The van der Waals surface area contributed by atoms with E-state index in [4.69, 9.17) is 27.9 Å². The van der Waals surface area contributed by atoms with Crippen molar-refractivity contribution < 1.29 is 9.13 Å². The molecule has 1 unspecified atom stereocenters. The second-order valence-electron chi connectivity index (χ2n) is 5.17. The van der Waals surface area contributed by atoms with Gasteiger partial charge < -0.3 is 4.74 Å². The first-order valence-corrected chi connectivity index (χ1v) is 7.39.